The van der Waals surface area contributed by atoms with Gasteiger partial charge in [-0.2, -0.15) is 0 Å². The van der Waals surface area contributed by atoms with E-state index in [-0.39, 0.29) is 26.0 Å². The van der Waals surface area contributed by atoms with Crippen molar-refractivity contribution in [2.45, 2.75) is 12.7 Å². The van der Waals surface area contributed by atoms with Gasteiger partial charge in [0.05, 0.1) is 6.10 Å². The zero-order chi connectivity index (χ0) is 17.6. The van der Waals surface area contributed by atoms with E-state index in [0.29, 0.717) is 11.2 Å². The molecule has 25 heavy (non-hydrogen) atoms. The van der Waals surface area contributed by atoms with Gasteiger partial charge in [0.2, 0.25) is 0 Å². The van der Waals surface area contributed by atoms with Gasteiger partial charge in [-0.1, -0.05) is 42.5 Å². The average molecular weight is 342 g/mol. The molecule has 8 heteroatoms. The van der Waals surface area contributed by atoms with Crippen LogP contribution in [-0.2, 0) is 16.0 Å². The summed E-state index contributed by atoms with van der Waals surface area (Å²) in [6, 6.07) is 14.7. The van der Waals surface area contributed by atoms with Crippen molar-refractivity contribution in [3.63, 3.8) is 0 Å². The Bertz CT molecular complexity index is 728. The number of benzene rings is 2. The van der Waals surface area contributed by atoms with Crippen LogP contribution in [-0.4, -0.2) is 31.5 Å². The van der Waals surface area contributed by atoms with Crippen LogP contribution in [0.15, 0.2) is 48.5 Å². The van der Waals surface area contributed by atoms with Crippen LogP contribution < -0.4 is 21.3 Å². The summed E-state index contributed by atoms with van der Waals surface area (Å²) in [5, 5.41) is 12.5. The van der Waals surface area contributed by atoms with Gasteiger partial charge in [-0.15, -0.1) is 0 Å². The van der Waals surface area contributed by atoms with Crippen molar-refractivity contribution >= 4 is 18.7 Å². The summed E-state index contributed by atoms with van der Waals surface area (Å²) in [5.41, 5.74) is 7.86. The Morgan fingerprint density at radius 1 is 1.24 bits per heavy atom. The molecule has 3 rings (SSSR count). The van der Waals surface area contributed by atoms with E-state index in [0.717, 1.165) is 11.1 Å². The lowest BCUT2D eigenvalue weighted by Crippen LogP contribution is -2.33. The van der Waals surface area contributed by atoms with Crippen LogP contribution >= 0.6 is 0 Å². The standard InChI is InChI=1S/C17H19BN2O5/c19-9-15-13-7-4-8-14(16(13)18(22)25-15)24-11-20-17(21)23-10-12-5-2-1-3-6-12/h1-8,15,22H,9-11,19H2,(H,20,21). The second-order valence-electron chi connectivity index (χ2n) is 5.50. The number of nitrogens with one attached hydrogen (secondary N) is 1. The number of hydrogen-bond donors (Lipinski definition) is 3. The van der Waals surface area contributed by atoms with Gasteiger partial charge >= 0.3 is 13.2 Å². The molecule has 7 nitrogen and oxygen atoms in total. The highest BCUT2D eigenvalue weighted by Gasteiger charge is 2.37. The fourth-order valence-electron chi connectivity index (χ4n) is 2.66. The number of carbonyl (C=O) groups is 1. The zero-order valence-electron chi connectivity index (χ0n) is 13.6. The van der Waals surface area contributed by atoms with Crippen molar-refractivity contribution in [1.29, 1.82) is 0 Å². The van der Waals surface area contributed by atoms with Crippen LogP contribution in [0.3, 0.4) is 0 Å². The number of nitrogens with two attached hydrogens (primary N) is 1. The summed E-state index contributed by atoms with van der Waals surface area (Å²) in [6.45, 7) is 0.347. The Hall–Kier alpha value is -2.55. The molecule has 2 aromatic rings. The van der Waals surface area contributed by atoms with Crippen molar-refractivity contribution in [2.75, 3.05) is 13.3 Å². The molecule has 130 valence electrons. The molecular weight excluding hydrogens is 323 g/mol. The van der Waals surface area contributed by atoms with Gasteiger partial charge < -0.3 is 24.9 Å². The second-order valence-corrected chi connectivity index (χ2v) is 5.50. The minimum Gasteiger partial charge on any atom is -0.473 e. The first-order valence-electron chi connectivity index (χ1n) is 7.92. The molecule has 1 aliphatic heterocycles. The van der Waals surface area contributed by atoms with Gasteiger partial charge in [-0.3, -0.25) is 5.32 Å². The molecular formula is C17H19BN2O5. The van der Waals surface area contributed by atoms with E-state index in [1.807, 2.05) is 36.4 Å². The zero-order valence-corrected chi connectivity index (χ0v) is 13.6. The largest absolute Gasteiger partial charge is 0.495 e. The third-order valence-electron chi connectivity index (χ3n) is 3.86. The summed E-state index contributed by atoms with van der Waals surface area (Å²) >= 11 is 0. The van der Waals surface area contributed by atoms with Crippen molar-refractivity contribution < 1.29 is 23.9 Å². The van der Waals surface area contributed by atoms with E-state index >= 15 is 0 Å². The van der Waals surface area contributed by atoms with Gasteiger partial charge in [0.15, 0.2) is 6.73 Å². The van der Waals surface area contributed by atoms with Crippen LogP contribution in [0.1, 0.15) is 17.2 Å². The highest BCUT2D eigenvalue weighted by atomic mass is 16.6. The molecule has 1 unspecified atom stereocenters. The number of amides is 1. The minimum atomic E-state index is -1.09. The Kier molecular flexibility index (Phi) is 5.54. The molecule has 0 radical (unpaired) electrons. The Morgan fingerprint density at radius 3 is 2.80 bits per heavy atom. The number of hydrogen-bond acceptors (Lipinski definition) is 6. The quantitative estimate of drug-likeness (QED) is 0.527. The molecule has 1 aliphatic rings. The van der Waals surface area contributed by atoms with E-state index in [9.17, 15) is 9.82 Å². The van der Waals surface area contributed by atoms with Gasteiger partial charge in [0.25, 0.3) is 0 Å². The molecule has 2 aromatic carbocycles. The monoisotopic (exact) mass is 342 g/mol. The van der Waals surface area contributed by atoms with Crippen LogP contribution in [0.2, 0.25) is 0 Å². The third kappa shape index (κ3) is 4.11. The van der Waals surface area contributed by atoms with Crippen LogP contribution in [0.4, 0.5) is 4.79 Å². The minimum absolute atomic E-state index is 0.0932. The van der Waals surface area contributed by atoms with E-state index in [1.165, 1.54) is 0 Å². The molecule has 1 heterocycles. The summed E-state index contributed by atoms with van der Waals surface area (Å²) < 4.78 is 16.0. The molecule has 1 amide bonds. The normalized spacial score (nSPS) is 15.6. The van der Waals surface area contributed by atoms with Gasteiger partial charge in [0, 0.05) is 12.0 Å². The Morgan fingerprint density at radius 2 is 2.04 bits per heavy atom. The molecule has 1 atom stereocenters. The fourth-order valence-corrected chi connectivity index (χ4v) is 2.66. The number of fused-ring (bicyclic) bond motifs is 1. The Labute approximate surface area is 145 Å². The average Bonchev–Trinajstić information content (AvgIpc) is 2.98. The molecule has 0 saturated carbocycles. The number of ether oxygens (including phenoxy) is 2. The fraction of sp³-hybridized carbons (Fsp3) is 0.235. The Balaban J connectivity index is 1.51. The number of carbonyl (C=O) groups excluding carboxylic acids is 1. The smallest absolute Gasteiger partial charge is 0.473 e. The maximum absolute atomic E-state index is 11.7. The molecule has 4 N–H and O–H groups in total. The summed E-state index contributed by atoms with van der Waals surface area (Å²) in [4.78, 5) is 11.7. The lowest BCUT2D eigenvalue weighted by molar-refractivity contribution is 0.130. The van der Waals surface area contributed by atoms with E-state index in [1.54, 1.807) is 12.1 Å². The highest BCUT2D eigenvalue weighted by Crippen LogP contribution is 2.26. The van der Waals surface area contributed by atoms with Gasteiger partial charge in [0.1, 0.15) is 12.4 Å². The number of alkyl carbamates (subject to hydrolysis) is 1. The maximum atomic E-state index is 11.7. The summed E-state index contributed by atoms with van der Waals surface area (Å²) in [5.74, 6) is 0.435. The maximum Gasteiger partial charge on any atom is 0.495 e. The molecule has 0 aromatic heterocycles. The van der Waals surface area contributed by atoms with Crippen molar-refractivity contribution in [3.8, 4) is 5.75 Å². The first-order valence-corrected chi connectivity index (χ1v) is 7.92. The van der Waals surface area contributed by atoms with E-state index in [4.69, 9.17) is 19.9 Å². The van der Waals surface area contributed by atoms with Crippen molar-refractivity contribution in [2.24, 2.45) is 5.73 Å². The highest BCUT2D eigenvalue weighted by molar-refractivity contribution is 6.62. The second kappa shape index (κ2) is 8.02. The summed E-state index contributed by atoms with van der Waals surface area (Å²) in [7, 11) is -1.09. The molecule has 0 aliphatic carbocycles. The first kappa shape index (κ1) is 17.3. The van der Waals surface area contributed by atoms with E-state index in [2.05, 4.69) is 5.32 Å². The van der Waals surface area contributed by atoms with Gasteiger partial charge in [-0.05, 0) is 17.2 Å². The molecule has 0 fully saturated rings. The lowest BCUT2D eigenvalue weighted by Gasteiger charge is -2.12. The van der Waals surface area contributed by atoms with E-state index < -0.39 is 13.2 Å². The topological polar surface area (TPSA) is 103 Å². The summed E-state index contributed by atoms with van der Waals surface area (Å²) in [6.07, 6.45) is -0.953. The van der Waals surface area contributed by atoms with Crippen molar-refractivity contribution in [1.82, 2.24) is 5.32 Å². The lowest BCUT2D eigenvalue weighted by atomic mass is 9.78. The predicted molar refractivity (Wildman–Crippen MR) is 92.2 cm³/mol. The first-order chi connectivity index (χ1) is 12.2. The van der Waals surface area contributed by atoms with Crippen molar-refractivity contribution in [3.05, 3.63) is 59.7 Å². The van der Waals surface area contributed by atoms with Gasteiger partial charge in [-0.25, -0.2) is 4.79 Å². The van der Waals surface area contributed by atoms with Crippen LogP contribution in [0.25, 0.3) is 0 Å². The SMILES string of the molecule is NCC1OB(O)c2c(OCNC(=O)OCc3ccccc3)cccc21. The third-order valence-corrected chi connectivity index (χ3v) is 3.86. The molecule has 0 spiro atoms. The molecule has 0 saturated heterocycles. The molecule has 0 bridgehead atoms. The van der Waals surface area contributed by atoms with Crippen LogP contribution in [0.5, 0.6) is 5.75 Å². The number of rotatable bonds is 6. The predicted octanol–water partition coefficient (Wildman–Crippen LogP) is 0.667. The van der Waals surface area contributed by atoms with Crippen LogP contribution in [0, 0.1) is 0 Å².